The molecule has 0 heterocycles. The number of halogens is 3. The van der Waals surface area contributed by atoms with Crippen LogP contribution in [0.2, 0.25) is 0 Å². The number of likely N-dealkylation sites (N-methyl/N-ethyl adjacent to an activating group) is 1. The summed E-state index contributed by atoms with van der Waals surface area (Å²) in [7, 11) is 1.59. The minimum Gasteiger partial charge on any atom is -0.406 e. The first-order valence-corrected chi connectivity index (χ1v) is 9.22. The third-order valence-corrected chi connectivity index (χ3v) is 4.36. The molecule has 2 aromatic rings. The van der Waals surface area contributed by atoms with E-state index in [0.29, 0.717) is 11.3 Å². The number of carbonyl (C=O) groups is 3. The highest BCUT2D eigenvalue weighted by Crippen LogP contribution is 2.24. The molecule has 2 amide bonds. The molecule has 0 fully saturated rings. The smallest absolute Gasteiger partial charge is 0.406 e. The summed E-state index contributed by atoms with van der Waals surface area (Å²) in [5, 5.41) is 5.25. The van der Waals surface area contributed by atoms with Gasteiger partial charge in [-0.2, -0.15) is 0 Å². The van der Waals surface area contributed by atoms with Crippen molar-refractivity contribution in [1.82, 2.24) is 4.90 Å². The highest BCUT2D eigenvalue weighted by Gasteiger charge is 2.31. The van der Waals surface area contributed by atoms with Gasteiger partial charge in [-0.05, 0) is 69.4 Å². The molecule has 0 spiro atoms. The number of rotatable bonds is 8. The van der Waals surface area contributed by atoms with Gasteiger partial charge in [0.2, 0.25) is 11.8 Å². The van der Waals surface area contributed by atoms with Gasteiger partial charge in [-0.15, -0.1) is 13.2 Å². The first-order chi connectivity index (χ1) is 14.4. The summed E-state index contributed by atoms with van der Waals surface area (Å²) in [6.07, 6.45) is -4.79. The van der Waals surface area contributed by atoms with Crippen LogP contribution in [0.25, 0.3) is 0 Å². The van der Waals surface area contributed by atoms with Crippen LogP contribution in [0.15, 0.2) is 48.5 Å². The molecule has 1 unspecified atom stereocenters. The van der Waals surface area contributed by atoms with Gasteiger partial charge in [0.1, 0.15) is 5.75 Å². The highest BCUT2D eigenvalue weighted by molar-refractivity contribution is 5.97. The number of anilines is 2. The number of amides is 2. The van der Waals surface area contributed by atoms with Gasteiger partial charge in [0.25, 0.3) is 0 Å². The van der Waals surface area contributed by atoms with Crippen molar-refractivity contribution < 1.29 is 32.3 Å². The number of ether oxygens (including phenoxy) is 1. The number of ketones is 1. The van der Waals surface area contributed by atoms with Gasteiger partial charge < -0.3 is 15.4 Å². The lowest BCUT2D eigenvalue weighted by Gasteiger charge is -2.23. The van der Waals surface area contributed by atoms with Gasteiger partial charge in [-0.25, -0.2) is 0 Å². The van der Waals surface area contributed by atoms with Crippen LogP contribution >= 0.6 is 0 Å². The van der Waals surface area contributed by atoms with Crippen LogP contribution in [0.4, 0.5) is 24.5 Å². The van der Waals surface area contributed by atoms with E-state index in [2.05, 4.69) is 15.4 Å². The third kappa shape index (κ3) is 7.74. The van der Waals surface area contributed by atoms with Gasteiger partial charge in [0.05, 0.1) is 12.6 Å². The second-order valence-corrected chi connectivity index (χ2v) is 6.83. The van der Waals surface area contributed by atoms with E-state index in [-0.39, 0.29) is 23.9 Å². The summed E-state index contributed by atoms with van der Waals surface area (Å²) < 4.78 is 40.3. The molecule has 1 atom stereocenters. The summed E-state index contributed by atoms with van der Waals surface area (Å²) in [5.74, 6) is -1.28. The molecule has 0 aliphatic heterocycles. The Balaban J connectivity index is 1.86. The monoisotopic (exact) mass is 437 g/mol. The van der Waals surface area contributed by atoms with Gasteiger partial charge in [-0.3, -0.25) is 19.3 Å². The number of carbonyl (C=O) groups excluding carboxylic acids is 3. The second-order valence-electron chi connectivity index (χ2n) is 6.83. The number of Topliss-reactive ketones (excluding diaryl/α,β-unsaturated/α-hetero) is 1. The lowest BCUT2D eigenvalue weighted by Crippen LogP contribution is -2.43. The topological polar surface area (TPSA) is 87.7 Å². The molecule has 7 nitrogen and oxygen atoms in total. The lowest BCUT2D eigenvalue weighted by atomic mass is 10.1. The quantitative estimate of drug-likeness (QED) is 0.615. The summed E-state index contributed by atoms with van der Waals surface area (Å²) in [6.45, 7) is 2.94. The SMILES string of the molecule is CC(=O)c1ccc(NC(=O)C(C)N(C)CC(=O)Nc2ccc(OC(F)(F)F)cc2)cc1. The molecule has 0 radical (unpaired) electrons. The molecule has 0 aliphatic rings. The van der Waals surface area contributed by atoms with E-state index < -0.39 is 24.1 Å². The van der Waals surface area contributed by atoms with Crippen LogP contribution in [0.1, 0.15) is 24.2 Å². The molecule has 2 N–H and O–H groups in total. The van der Waals surface area contributed by atoms with Crippen molar-refractivity contribution >= 4 is 29.0 Å². The molecule has 2 aromatic carbocycles. The Morgan fingerprint density at radius 3 is 2.00 bits per heavy atom. The zero-order valence-corrected chi connectivity index (χ0v) is 17.1. The van der Waals surface area contributed by atoms with Crippen LogP contribution in [-0.4, -0.2) is 48.5 Å². The zero-order valence-electron chi connectivity index (χ0n) is 17.1. The van der Waals surface area contributed by atoms with E-state index in [0.717, 1.165) is 12.1 Å². The van der Waals surface area contributed by atoms with Gasteiger partial charge in [0.15, 0.2) is 5.78 Å². The van der Waals surface area contributed by atoms with Crippen LogP contribution in [0, 0.1) is 0 Å². The van der Waals surface area contributed by atoms with Crippen LogP contribution in [0.5, 0.6) is 5.75 Å². The number of benzene rings is 2. The van der Waals surface area contributed by atoms with Gasteiger partial charge in [0, 0.05) is 16.9 Å². The first kappa shape index (κ1) is 23.9. The number of nitrogens with one attached hydrogen (secondary N) is 2. The fraction of sp³-hybridized carbons (Fsp3) is 0.286. The van der Waals surface area contributed by atoms with Crippen molar-refractivity contribution in [3.05, 3.63) is 54.1 Å². The molecular formula is C21H22F3N3O4. The number of alkyl halides is 3. The molecule has 10 heteroatoms. The van der Waals surface area contributed by atoms with Crippen LogP contribution in [0.3, 0.4) is 0 Å². The van der Waals surface area contributed by atoms with Crippen molar-refractivity contribution in [3.63, 3.8) is 0 Å². The standard InChI is InChI=1S/C21H22F3N3O4/c1-13(20(30)26-17-6-4-15(5-7-17)14(2)28)27(3)12-19(29)25-16-8-10-18(11-9-16)31-21(22,23)24/h4-11,13H,12H2,1-3H3,(H,25,29)(H,26,30). The van der Waals surface area contributed by atoms with Gasteiger partial charge >= 0.3 is 6.36 Å². The van der Waals surface area contributed by atoms with Crippen molar-refractivity contribution in [2.24, 2.45) is 0 Å². The van der Waals surface area contributed by atoms with Crippen LogP contribution in [-0.2, 0) is 9.59 Å². The predicted molar refractivity (Wildman–Crippen MR) is 109 cm³/mol. The molecule has 0 bridgehead atoms. The maximum atomic E-state index is 12.4. The number of hydrogen-bond acceptors (Lipinski definition) is 5. The van der Waals surface area contributed by atoms with E-state index in [4.69, 9.17) is 0 Å². The maximum absolute atomic E-state index is 12.4. The van der Waals surface area contributed by atoms with E-state index in [1.807, 2.05) is 0 Å². The van der Waals surface area contributed by atoms with Crippen molar-refractivity contribution in [3.8, 4) is 5.75 Å². The van der Waals surface area contributed by atoms with Crippen molar-refractivity contribution in [1.29, 1.82) is 0 Å². The summed E-state index contributed by atoms with van der Waals surface area (Å²) in [5.41, 5.74) is 1.33. The first-order valence-electron chi connectivity index (χ1n) is 9.22. The largest absolute Gasteiger partial charge is 0.573 e. The normalized spacial score (nSPS) is 12.2. The second kappa shape index (κ2) is 10.1. The maximum Gasteiger partial charge on any atom is 0.573 e. The lowest BCUT2D eigenvalue weighted by molar-refractivity contribution is -0.274. The molecule has 0 aromatic heterocycles. The van der Waals surface area contributed by atoms with Gasteiger partial charge in [-0.1, -0.05) is 0 Å². The Morgan fingerprint density at radius 2 is 1.48 bits per heavy atom. The molecule has 31 heavy (non-hydrogen) atoms. The summed E-state index contributed by atoms with van der Waals surface area (Å²) in [4.78, 5) is 37.4. The van der Waals surface area contributed by atoms with Crippen LogP contribution < -0.4 is 15.4 Å². The minimum atomic E-state index is -4.79. The van der Waals surface area contributed by atoms with E-state index >= 15 is 0 Å². The van der Waals surface area contributed by atoms with Crippen molar-refractivity contribution in [2.45, 2.75) is 26.3 Å². The molecule has 0 saturated carbocycles. The fourth-order valence-electron chi connectivity index (χ4n) is 2.54. The summed E-state index contributed by atoms with van der Waals surface area (Å²) >= 11 is 0. The Kier molecular flexibility index (Phi) is 7.76. The molecule has 0 aliphatic carbocycles. The van der Waals surface area contributed by atoms with Crippen molar-refractivity contribution in [2.75, 3.05) is 24.2 Å². The highest BCUT2D eigenvalue weighted by atomic mass is 19.4. The molecular weight excluding hydrogens is 415 g/mol. The Hall–Kier alpha value is -3.40. The summed E-state index contributed by atoms with van der Waals surface area (Å²) in [6, 6.07) is 10.5. The molecule has 0 saturated heterocycles. The molecule has 166 valence electrons. The average molecular weight is 437 g/mol. The number of nitrogens with zero attached hydrogens (tertiary/aromatic N) is 1. The van der Waals surface area contributed by atoms with E-state index in [1.54, 1.807) is 38.2 Å². The predicted octanol–water partition coefficient (Wildman–Crippen LogP) is 3.69. The Morgan fingerprint density at radius 1 is 0.968 bits per heavy atom. The number of hydrogen-bond donors (Lipinski definition) is 2. The average Bonchev–Trinajstić information content (AvgIpc) is 2.68. The van der Waals surface area contributed by atoms with E-state index in [1.165, 1.54) is 24.0 Å². The third-order valence-electron chi connectivity index (χ3n) is 4.36. The zero-order chi connectivity index (χ0) is 23.2. The molecule has 2 rings (SSSR count). The minimum absolute atomic E-state index is 0.0838. The Labute approximate surface area is 177 Å². The van der Waals surface area contributed by atoms with E-state index in [9.17, 15) is 27.6 Å². The fourth-order valence-corrected chi connectivity index (χ4v) is 2.54. The Bertz CT molecular complexity index is 928.